The number of allylic oxidation sites excluding steroid dienone is 2. The second-order valence-corrected chi connectivity index (χ2v) is 9.68. The summed E-state index contributed by atoms with van der Waals surface area (Å²) in [5, 5.41) is 0. The maximum absolute atomic E-state index is 3.93. The Balaban J connectivity index is 3.27. The van der Waals surface area contributed by atoms with Crippen LogP contribution in [0.25, 0.3) is 0 Å². The van der Waals surface area contributed by atoms with Gasteiger partial charge in [-0.25, -0.2) is 0 Å². The normalized spacial score (nSPS) is 12.8. The standard InChI is InChI=1S/C30H58/c1-4-7-9-11-13-15-16-17-18-19-21-23-25-27-29-30(6-3)28-26-24-22-20-14-12-10-8-5-2/h4,7,30H,1-2,5-6,8-29H2,3H3/b7-4+. The molecule has 0 aromatic carbocycles. The molecular formula is C30H58. The van der Waals surface area contributed by atoms with Crippen molar-refractivity contribution in [2.75, 3.05) is 0 Å². The van der Waals surface area contributed by atoms with E-state index in [0.29, 0.717) is 0 Å². The average molecular weight is 419 g/mol. The SMILES string of the molecule is [CH2]/C=C/CCCCCCCCCCCCCC(CC)CCCCCCCCCC[CH2]. The third kappa shape index (κ3) is 24.0. The highest BCUT2D eigenvalue weighted by Gasteiger charge is 2.06. The first-order chi connectivity index (χ1) is 14.8. The van der Waals surface area contributed by atoms with Gasteiger partial charge < -0.3 is 0 Å². The van der Waals surface area contributed by atoms with Crippen LogP contribution in [0.15, 0.2) is 12.2 Å². The predicted octanol–water partition coefficient (Wildman–Crippen LogP) is 11.2. The van der Waals surface area contributed by atoms with Crippen molar-refractivity contribution in [1.82, 2.24) is 0 Å². The highest BCUT2D eigenvalue weighted by molar-refractivity contribution is 4.83. The monoisotopic (exact) mass is 418 g/mol. The zero-order chi connectivity index (χ0) is 22.0. The molecule has 1 atom stereocenters. The molecule has 0 heteroatoms. The zero-order valence-electron chi connectivity index (χ0n) is 21.1. The van der Waals surface area contributed by atoms with Crippen LogP contribution < -0.4 is 0 Å². The largest absolute Gasteiger partial charge is 0.0885 e. The second kappa shape index (κ2) is 26.8. The molecule has 2 radical (unpaired) electrons. The van der Waals surface area contributed by atoms with E-state index < -0.39 is 0 Å². The lowest BCUT2D eigenvalue weighted by Crippen LogP contribution is -1.99. The van der Waals surface area contributed by atoms with Crippen molar-refractivity contribution in [3.8, 4) is 0 Å². The first-order valence-electron chi connectivity index (χ1n) is 14.1. The molecule has 30 heavy (non-hydrogen) atoms. The summed E-state index contributed by atoms with van der Waals surface area (Å²) in [5.74, 6) is 1.01. The molecule has 0 bridgehead atoms. The summed E-state index contributed by atoms with van der Waals surface area (Å²) in [5.41, 5.74) is 0. The number of rotatable bonds is 25. The topological polar surface area (TPSA) is 0 Å². The van der Waals surface area contributed by atoms with Gasteiger partial charge in [-0.3, -0.25) is 0 Å². The Hall–Kier alpha value is -0.260. The highest BCUT2D eigenvalue weighted by Crippen LogP contribution is 2.22. The van der Waals surface area contributed by atoms with Crippen LogP contribution in [0.4, 0.5) is 0 Å². The van der Waals surface area contributed by atoms with Crippen molar-refractivity contribution in [1.29, 1.82) is 0 Å². The molecule has 0 aliphatic rings. The molecule has 0 aromatic rings. The molecular weight excluding hydrogens is 360 g/mol. The first-order valence-corrected chi connectivity index (χ1v) is 14.1. The summed E-state index contributed by atoms with van der Waals surface area (Å²) in [6, 6.07) is 0. The smallest absolute Gasteiger partial charge is 0.0316 e. The summed E-state index contributed by atoms with van der Waals surface area (Å²) < 4.78 is 0. The molecule has 0 nitrogen and oxygen atoms in total. The van der Waals surface area contributed by atoms with Gasteiger partial charge in [0.05, 0.1) is 0 Å². The number of unbranched alkanes of at least 4 members (excludes halogenated alkanes) is 19. The Morgan fingerprint density at radius 1 is 0.533 bits per heavy atom. The molecule has 0 saturated carbocycles. The van der Waals surface area contributed by atoms with E-state index in [0.717, 1.165) is 12.3 Å². The summed E-state index contributed by atoms with van der Waals surface area (Å²) >= 11 is 0. The maximum Gasteiger partial charge on any atom is -0.0316 e. The lowest BCUT2D eigenvalue weighted by Gasteiger charge is -2.14. The van der Waals surface area contributed by atoms with Crippen LogP contribution >= 0.6 is 0 Å². The van der Waals surface area contributed by atoms with Gasteiger partial charge in [-0.2, -0.15) is 0 Å². The van der Waals surface area contributed by atoms with Crippen molar-refractivity contribution in [2.45, 2.75) is 161 Å². The van der Waals surface area contributed by atoms with Crippen LogP contribution in [-0.4, -0.2) is 0 Å². The third-order valence-electron chi connectivity index (χ3n) is 6.84. The van der Waals surface area contributed by atoms with Crippen molar-refractivity contribution in [2.24, 2.45) is 5.92 Å². The minimum Gasteiger partial charge on any atom is -0.0885 e. The van der Waals surface area contributed by atoms with E-state index >= 15 is 0 Å². The molecule has 0 N–H and O–H groups in total. The zero-order valence-corrected chi connectivity index (χ0v) is 21.1. The molecule has 0 saturated heterocycles. The van der Waals surface area contributed by atoms with E-state index in [2.05, 4.69) is 26.8 Å². The van der Waals surface area contributed by atoms with E-state index in [-0.39, 0.29) is 0 Å². The molecule has 0 aliphatic heterocycles. The van der Waals surface area contributed by atoms with Crippen LogP contribution in [0, 0.1) is 19.8 Å². The molecule has 178 valence electrons. The van der Waals surface area contributed by atoms with E-state index in [4.69, 9.17) is 0 Å². The Morgan fingerprint density at radius 3 is 1.27 bits per heavy atom. The average Bonchev–Trinajstić information content (AvgIpc) is 2.76. The molecule has 0 aromatic heterocycles. The summed E-state index contributed by atoms with van der Waals surface area (Å²) in [6.45, 7) is 10.1. The lowest BCUT2D eigenvalue weighted by atomic mass is 9.92. The van der Waals surface area contributed by atoms with Crippen molar-refractivity contribution >= 4 is 0 Å². The quantitative estimate of drug-likeness (QED) is 0.129. The van der Waals surface area contributed by atoms with Gasteiger partial charge >= 0.3 is 0 Å². The Morgan fingerprint density at radius 2 is 0.900 bits per heavy atom. The molecule has 1 unspecified atom stereocenters. The van der Waals surface area contributed by atoms with E-state index in [9.17, 15) is 0 Å². The fourth-order valence-electron chi connectivity index (χ4n) is 4.63. The Labute approximate surface area is 193 Å². The van der Waals surface area contributed by atoms with Crippen molar-refractivity contribution in [3.05, 3.63) is 26.0 Å². The van der Waals surface area contributed by atoms with Gasteiger partial charge in [-0.05, 0) is 25.7 Å². The second-order valence-electron chi connectivity index (χ2n) is 9.68. The number of hydrogen-bond acceptors (Lipinski definition) is 0. The van der Waals surface area contributed by atoms with Crippen LogP contribution in [0.3, 0.4) is 0 Å². The summed E-state index contributed by atoms with van der Waals surface area (Å²) in [7, 11) is 0. The minimum atomic E-state index is 1.01. The van der Waals surface area contributed by atoms with Crippen molar-refractivity contribution in [3.63, 3.8) is 0 Å². The van der Waals surface area contributed by atoms with Gasteiger partial charge in [-0.1, -0.05) is 167 Å². The fraction of sp³-hybridized carbons (Fsp3) is 0.867. The van der Waals surface area contributed by atoms with Gasteiger partial charge in [0, 0.05) is 0 Å². The minimum absolute atomic E-state index is 1.01. The summed E-state index contributed by atoms with van der Waals surface area (Å²) in [4.78, 5) is 0. The summed E-state index contributed by atoms with van der Waals surface area (Å²) in [6.07, 6.45) is 38.3. The molecule has 0 aliphatic carbocycles. The predicted molar refractivity (Wildman–Crippen MR) is 140 cm³/mol. The van der Waals surface area contributed by atoms with Crippen LogP contribution in [0.5, 0.6) is 0 Å². The van der Waals surface area contributed by atoms with E-state index in [1.165, 1.54) is 148 Å². The third-order valence-corrected chi connectivity index (χ3v) is 6.84. The number of hydrogen-bond donors (Lipinski definition) is 0. The first kappa shape index (κ1) is 29.7. The van der Waals surface area contributed by atoms with E-state index in [1.54, 1.807) is 0 Å². The fourth-order valence-corrected chi connectivity index (χ4v) is 4.63. The highest BCUT2D eigenvalue weighted by atomic mass is 14.1. The Kier molecular flexibility index (Phi) is 26.5. The molecule has 0 spiro atoms. The van der Waals surface area contributed by atoms with Gasteiger partial charge in [0.1, 0.15) is 0 Å². The molecule has 0 rings (SSSR count). The molecule has 0 fully saturated rings. The van der Waals surface area contributed by atoms with Crippen LogP contribution in [-0.2, 0) is 0 Å². The van der Waals surface area contributed by atoms with Crippen molar-refractivity contribution < 1.29 is 0 Å². The maximum atomic E-state index is 3.93. The molecule has 0 amide bonds. The van der Waals surface area contributed by atoms with Gasteiger partial charge in [0.2, 0.25) is 0 Å². The Bertz CT molecular complexity index is 316. The van der Waals surface area contributed by atoms with Crippen LogP contribution in [0.2, 0.25) is 0 Å². The van der Waals surface area contributed by atoms with Crippen LogP contribution in [0.1, 0.15) is 161 Å². The molecule has 0 heterocycles. The van der Waals surface area contributed by atoms with Gasteiger partial charge in [-0.15, -0.1) is 0 Å². The van der Waals surface area contributed by atoms with Gasteiger partial charge in [0.15, 0.2) is 0 Å². The lowest BCUT2D eigenvalue weighted by molar-refractivity contribution is 0.392. The van der Waals surface area contributed by atoms with E-state index in [1.807, 2.05) is 6.08 Å². The van der Waals surface area contributed by atoms with Gasteiger partial charge in [0.25, 0.3) is 0 Å².